The van der Waals surface area contributed by atoms with E-state index < -0.39 is 17.2 Å². The van der Waals surface area contributed by atoms with Gasteiger partial charge in [0.2, 0.25) is 0 Å². The number of halogens is 1. The van der Waals surface area contributed by atoms with Gasteiger partial charge in [-0.05, 0) is 24.6 Å². The van der Waals surface area contributed by atoms with Crippen LogP contribution in [-0.2, 0) is 0 Å². The van der Waals surface area contributed by atoms with Gasteiger partial charge in [0.15, 0.2) is 11.4 Å². The number of aryl methyl sites for hydroxylation is 1. The fourth-order valence-corrected chi connectivity index (χ4v) is 1.83. The number of amides is 1. The summed E-state index contributed by atoms with van der Waals surface area (Å²) in [4.78, 5) is 23.4. The van der Waals surface area contributed by atoms with Gasteiger partial charge in [0, 0.05) is 11.1 Å². The van der Waals surface area contributed by atoms with Crippen molar-refractivity contribution in [3.05, 3.63) is 50.9 Å². The standard InChI is InChI=1S/C12H11ClN4O3/c1-6-2-3-7(13)4-8(6)17-10(19)5-9(18)11(16-17)12(20)15-14/h2-5,18H,14H2,1H3,(H,15,20). The van der Waals surface area contributed by atoms with Gasteiger partial charge in [-0.2, -0.15) is 9.78 Å². The highest BCUT2D eigenvalue weighted by Crippen LogP contribution is 2.19. The highest BCUT2D eigenvalue weighted by atomic mass is 35.5. The Balaban J connectivity index is 2.71. The number of nitrogen functional groups attached to an aromatic ring is 1. The zero-order valence-electron chi connectivity index (χ0n) is 10.4. The number of nitrogens with zero attached hydrogens (tertiary/aromatic N) is 2. The number of benzene rings is 1. The Hall–Kier alpha value is -2.38. The van der Waals surface area contributed by atoms with Crippen LogP contribution in [-0.4, -0.2) is 20.8 Å². The summed E-state index contributed by atoms with van der Waals surface area (Å²) < 4.78 is 0.978. The van der Waals surface area contributed by atoms with E-state index in [2.05, 4.69) is 5.10 Å². The average Bonchev–Trinajstić information content (AvgIpc) is 2.41. The molecule has 104 valence electrons. The Morgan fingerprint density at radius 1 is 1.45 bits per heavy atom. The second kappa shape index (κ2) is 5.32. The molecule has 1 amide bonds. The number of nitrogens with one attached hydrogen (secondary N) is 1. The van der Waals surface area contributed by atoms with Crippen molar-refractivity contribution in [3.63, 3.8) is 0 Å². The van der Waals surface area contributed by atoms with Crippen LogP contribution in [0.3, 0.4) is 0 Å². The predicted molar refractivity (Wildman–Crippen MR) is 72.9 cm³/mol. The van der Waals surface area contributed by atoms with E-state index in [1.165, 1.54) is 6.07 Å². The smallest absolute Gasteiger partial charge is 0.289 e. The highest BCUT2D eigenvalue weighted by Gasteiger charge is 2.16. The van der Waals surface area contributed by atoms with Gasteiger partial charge in [-0.15, -0.1) is 0 Å². The number of aromatic hydroxyl groups is 1. The number of carbonyl (C=O) groups is 1. The van der Waals surface area contributed by atoms with Crippen LogP contribution in [0.15, 0.2) is 29.1 Å². The van der Waals surface area contributed by atoms with E-state index in [1.807, 2.05) is 5.43 Å². The molecule has 4 N–H and O–H groups in total. The van der Waals surface area contributed by atoms with Gasteiger partial charge < -0.3 is 5.11 Å². The first-order chi connectivity index (χ1) is 9.43. The summed E-state index contributed by atoms with van der Waals surface area (Å²) >= 11 is 5.89. The van der Waals surface area contributed by atoms with E-state index in [0.717, 1.165) is 16.3 Å². The van der Waals surface area contributed by atoms with Gasteiger partial charge >= 0.3 is 0 Å². The van der Waals surface area contributed by atoms with E-state index >= 15 is 0 Å². The van der Waals surface area contributed by atoms with E-state index in [-0.39, 0.29) is 5.69 Å². The molecule has 0 aliphatic carbocycles. The molecule has 8 heteroatoms. The van der Waals surface area contributed by atoms with E-state index in [4.69, 9.17) is 17.4 Å². The first kappa shape index (κ1) is 14.0. The number of hydrogen-bond donors (Lipinski definition) is 3. The highest BCUT2D eigenvalue weighted by molar-refractivity contribution is 6.30. The molecular formula is C12H11ClN4O3. The molecule has 1 aromatic heterocycles. The molecular weight excluding hydrogens is 284 g/mol. The van der Waals surface area contributed by atoms with Crippen LogP contribution >= 0.6 is 11.6 Å². The summed E-state index contributed by atoms with van der Waals surface area (Å²) in [6, 6.07) is 5.80. The van der Waals surface area contributed by atoms with Crippen LogP contribution < -0.4 is 16.8 Å². The molecule has 0 aliphatic rings. The Labute approximate surface area is 118 Å². The maximum atomic E-state index is 11.9. The summed E-state index contributed by atoms with van der Waals surface area (Å²) in [5.74, 6) is 3.64. The number of rotatable bonds is 2. The van der Waals surface area contributed by atoms with Gasteiger partial charge in [-0.3, -0.25) is 15.0 Å². The van der Waals surface area contributed by atoms with Crippen molar-refractivity contribution in [2.24, 2.45) is 5.84 Å². The van der Waals surface area contributed by atoms with Gasteiger partial charge in [-0.1, -0.05) is 17.7 Å². The first-order valence-corrected chi connectivity index (χ1v) is 5.92. The maximum absolute atomic E-state index is 11.9. The second-order valence-corrected chi connectivity index (χ2v) is 4.47. The molecule has 0 saturated carbocycles. The summed E-state index contributed by atoms with van der Waals surface area (Å²) in [6.45, 7) is 1.76. The number of carbonyl (C=O) groups excluding carboxylic acids is 1. The van der Waals surface area contributed by atoms with Crippen LogP contribution in [0, 0.1) is 6.92 Å². The lowest BCUT2D eigenvalue weighted by atomic mass is 10.2. The molecule has 1 aromatic carbocycles. The molecule has 0 aliphatic heterocycles. The van der Waals surface area contributed by atoms with Crippen LogP contribution in [0.2, 0.25) is 5.02 Å². The molecule has 0 spiro atoms. The predicted octanol–water partition coefficient (Wildman–Crippen LogP) is 0.503. The first-order valence-electron chi connectivity index (χ1n) is 5.55. The SMILES string of the molecule is Cc1ccc(Cl)cc1-n1nc(C(=O)NN)c(O)cc1=O. The minimum atomic E-state index is -0.809. The quantitative estimate of drug-likeness (QED) is 0.424. The molecule has 0 radical (unpaired) electrons. The van der Waals surface area contributed by atoms with Crippen LogP contribution in [0.4, 0.5) is 0 Å². The van der Waals surface area contributed by atoms with E-state index in [1.54, 1.807) is 19.1 Å². The molecule has 2 rings (SSSR count). The van der Waals surface area contributed by atoms with Gasteiger partial charge in [0.1, 0.15) is 0 Å². The lowest BCUT2D eigenvalue weighted by Gasteiger charge is -2.10. The van der Waals surface area contributed by atoms with Gasteiger partial charge in [0.25, 0.3) is 11.5 Å². The summed E-state index contributed by atoms with van der Waals surface area (Å²) in [6.07, 6.45) is 0. The summed E-state index contributed by atoms with van der Waals surface area (Å²) in [5, 5.41) is 13.8. The Bertz CT molecular complexity index is 742. The fourth-order valence-electron chi connectivity index (χ4n) is 1.66. The monoisotopic (exact) mass is 294 g/mol. The third kappa shape index (κ3) is 2.49. The summed E-state index contributed by atoms with van der Waals surface area (Å²) in [5.41, 5.74) is 2.03. The molecule has 0 bridgehead atoms. The summed E-state index contributed by atoms with van der Waals surface area (Å²) in [7, 11) is 0. The fraction of sp³-hybridized carbons (Fsp3) is 0.0833. The zero-order valence-corrected chi connectivity index (χ0v) is 11.2. The third-order valence-corrected chi connectivity index (χ3v) is 2.89. The van der Waals surface area contributed by atoms with Crippen LogP contribution in [0.1, 0.15) is 16.1 Å². The molecule has 0 fully saturated rings. The number of hydrogen-bond acceptors (Lipinski definition) is 5. The van der Waals surface area contributed by atoms with Crippen molar-refractivity contribution >= 4 is 17.5 Å². The zero-order chi connectivity index (χ0) is 14.9. The molecule has 2 aromatic rings. The van der Waals surface area contributed by atoms with Crippen LogP contribution in [0.5, 0.6) is 5.75 Å². The van der Waals surface area contributed by atoms with Crippen molar-refractivity contribution in [1.29, 1.82) is 0 Å². The van der Waals surface area contributed by atoms with E-state index in [0.29, 0.717) is 10.7 Å². The second-order valence-electron chi connectivity index (χ2n) is 4.03. The molecule has 0 atom stereocenters. The number of hydrazine groups is 1. The number of aromatic nitrogens is 2. The lowest BCUT2D eigenvalue weighted by molar-refractivity contribution is 0.0943. The van der Waals surface area contributed by atoms with Crippen molar-refractivity contribution in [2.75, 3.05) is 0 Å². The Morgan fingerprint density at radius 3 is 2.80 bits per heavy atom. The third-order valence-electron chi connectivity index (χ3n) is 2.66. The molecule has 0 saturated heterocycles. The molecule has 0 unspecified atom stereocenters. The van der Waals surface area contributed by atoms with Crippen molar-refractivity contribution in [3.8, 4) is 11.4 Å². The Morgan fingerprint density at radius 2 is 2.15 bits per heavy atom. The molecule has 1 heterocycles. The van der Waals surface area contributed by atoms with Gasteiger partial charge in [-0.25, -0.2) is 5.84 Å². The molecule has 20 heavy (non-hydrogen) atoms. The lowest BCUT2D eigenvalue weighted by Crippen LogP contribution is -2.33. The van der Waals surface area contributed by atoms with Crippen molar-refractivity contribution in [2.45, 2.75) is 6.92 Å². The maximum Gasteiger partial charge on any atom is 0.289 e. The van der Waals surface area contributed by atoms with Crippen LogP contribution in [0.25, 0.3) is 5.69 Å². The topological polar surface area (TPSA) is 110 Å². The molecule has 7 nitrogen and oxygen atoms in total. The average molecular weight is 295 g/mol. The Kier molecular flexibility index (Phi) is 3.73. The van der Waals surface area contributed by atoms with Crippen molar-refractivity contribution < 1.29 is 9.90 Å². The van der Waals surface area contributed by atoms with Gasteiger partial charge in [0.05, 0.1) is 5.69 Å². The minimum Gasteiger partial charge on any atom is -0.505 e. The minimum absolute atomic E-state index is 0.355. The van der Waals surface area contributed by atoms with E-state index in [9.17, 15) is 14.7 Å². The number of nitrogens with two attached hydrogens (primary N) is 1. The largest absolute Gasteiger partial charge is 0.505 e. The normalized spacial score (nSPS) is 10.3. The van der Waals surface area contributed by atoms with Crippen molar-refractivity contribution in [1.82, 2.24) is 15.2 Å².